The zero-order valence-electron chi connectivity index (χ0n) is 10.4. The van der Waals surface area contributed by atoms with Gasteiger partial charge in [-0.1, -0.05) is 23.7 Å². The van der Waals surface area contributed by atoms with Crippen molar-refractivity contribution in [2.45, 2.75) is 13.5 Å². The van der Waals surface area contributed by atoms with E-state index in [2.05, 4.69) is 20.8 Å². The maximum Gasteiger partial charge on any atom is 0.222 e. The molecule has 2 aromatic rings. The molecule has 0 bridgehead atoms. The number of hydrogen-bond donors (Lipinski definition) is 2. The highest BCUT2D eigenvalue weighted by molar-refractivity contribution is 6.30. The number of hydrogen-bond acceptors (Lipinski definition) is 4. The van der Waals surface area contributed by atoms with Crippen LogP contribution in [0.25, 0.3) is 0 Å². The van der Waals surface area contributed by atoms with Crippen LogP contribution in [-0.4, -0.2) is 16.1 Å². The van der Waals surface area contributed by atoms with Gasteiger partial charge in [-0.15, -0.1) is 10.2 Å². The van der Waals surface area contributed by atoms with Crippen LogP contribution in [0.15, 0.2) is 36.4 Å². The molecule has 1 aromatic carbocycles. The molecule has 6 heteroatoms. The van der Waals surface area contributed by atoms with E-state index in [0.29, 0.717) is 23.2 Å². The van der Waals surface area contributed by atoms with Gasteiger partial charge in [0.1, 0.15) is 5.82 Å². The van der Waals surface area contributed by atoms with Crippen molar-refractivity contribution in [1.82, 2.24) is 10.2 Å². The van der Waals surface area contributed by atoms with Crippen LogP contribution < -0.4 is 10.6 Å². The molecule has 1 amide bonds. The first-order chi connectivity index (χ1) is 9.13. The minimum absolute atomic E-state index is 0.170. The number of nitrogens with one attached hydrogen (secondary N) is 2. The van der Waals surface area contributed by atoms with E-state index in [1.807, 2.05) is 24.3 Å². The summed E-state index contributed by atoms with van der Waals surface area (Å²) in [4.78, 5) is 10.8. The Bertz CT molecular complexity index is 554. The summed E-state index contributed by atoms with van der Waals surface area (Å²) in [5.74, 6) is 0.907. The molecule has 2 rings (SSSR count). The third kappa shape index (κ3) is 4.22. The number of halogens is 1. The predicted octanol–water partition coefficient (Wildman–Crippen LogP) is 2.70. The Balaban J connectivity index is 1.92. The normalized spacial score (nSPS) is 10.0. The lowest BCUT2D eigenvalue weighted by molar-refractivity contribution is -0.114. The molecule has 98 valence electrons. The fraction of sp³-hybridized carbons (Fsp3) is 0.154. The predicted molar refractivity (Wildman–Crippen MR) is 75.1 cm³/mol. The molecule has 0 saturated carbocycles. The summed E-state index contributed by atoms with van der Waals surface area (Å²) in [7, 11) is 0. The summed E-state index contributed by atoms with van der Waals surface area (Å²) < 4.78 is 0. The van der Waals surface area contributed by atoms with Crippen molar-refractivity contribution in [3.8, 4) is 0 Å². The van der Waals surface area contributed by atoms with Gasteiger partial charge in [-0.25, -0.2) is 0 Å². The van der Waals surface area contributed by atoms with Crippen LogP contribution >= 0.6 is 11.6 Å². The highest BCUT2D eigenvalue weighted by Crippen LogP contribution is 2.11. The molecule has 0 unspecified atom stereocenters. The van der Waals surface area contributed by atoms with Crippen LogP contribution in [0.4, 0.5) is 11.6 Å². The van der Waals surface area contributed by atoms with Crippen molar-refractivity contribution in [2.24, 2.45) is 0 Å². The van der Waals surface area contributed by atoms with Gasteiger partial charge in [-0.3, -0.25) is 4.79 Å². The fourth-order valence-corrected chi connectivity index (χ4v) is 1.59. The minimum Gasteiger partial charge on any atom is -0.365 e. The first kappa shape index (κ1) is 13.3. The number of nitrogens with zero attached hydrogens (tertiary/aromatic N) is 2. The largest absolute Gasteiger partial charge is 0.365 e. The lowest BCUT2D eigenvalue weighted by Crippen LogP contribution is -2.09. The van der Waals surface area contributed by atoms with Crippen molar-refractivity contribution in [3.05, 3.63) is 47.0 Å². The average Bonchev–Trinajstić information content (AvgIpc) is 2.39. The Morgan fingerprint density at radius 3 is 2.32 bits per heavy atom. The lowest BCUT2D eigenvalue weighted by Gasteiger charge is -2.06. The van der Waals surface area contributed by atoms with Gasteiger partial charge in [-0.2, -0.15) is 0 Å². The summed E-state index contributed by atoms with van der Waals surface area (Å²) in [6.07, 6.45) is 0. The van der Waals surface area contributed by atoms with Gasteiger partial charge < -0.3 is 10.6 Å². The summed E-state index contributed by atoms with van der Waals surface area (Å²) in [5, 5.41) is 14.2. The Morgan fingerprint density at radius 1 is 1.11 bits per heavy atom. The van der Waals surface area contributed by atoms with Crippen LogP contribution in [0.1, 0.15) is 12.5 Å². The molecule has 2 N–H and O–H groups in total. The molecule has 0 aliphatic rings. The maximum absolute atomic E-state index is 10.8. The highest BCUT2D eigenvalue weighted by atomic mass is 35.5. The smallest absolute Gasteiger partial charge is 0.222 e. The number of anilines is 2. The van der Waals surface area contributed by atoms with Crippen molar-refractivity contribution in [1.29, 1.82) is 0 Å². The van der Waals surface area contributed by atoms with Crippen molar-refractivity contribution in [3.63, 3.8) is 0 Å². The number of benzene rings is 1. The van der Waals surface area contributed by atoms with E-state index >= 15 is 0 Å². The van der Waals surface area contributed by atoms with Gasteiger partial charge in [0.25, 0.3) is 0 Å². The molecule has 0 fully saturated rings. The van der Waals surface area contributed by atoms with Crippen molar-refractivity contribution in [2.75, 3.05) is 10.6 Å². The van der Waals surface area contributed by atoms with Gasteiger partial charge >= 0.3 is 0 Å². The highest BCUT2D eigenvalue weighted by Gasteiger charge is 1.99. The number of rotatable bonds is 4. The second-order valence-corrected chi connectivity index (χ2v) is 4.40. The molecule has 0 atom stereocenters. The molecule has 0 aliphatic carbocycles. The first-order valence-corrected chi connectivity index (χ1v) is 6.11. The summed E-state index contributed by atoms with van der Waals surface area (Å²) in [6.45, 7) is 2.06. The fourth-order valence-electron chi connectivity index (χ4n) is 1.47. The molecule has 0 aliphatic heterocycles. The summed E-state index contributed by atoms with van der Waals surface area (Å²) in [5.41, 5.74) is 1.09. The van der Waals surface area contributed by atoms with E-state index in [1.54, 1.807) is 12.1 Å². The second kappa shape index (κ2) is 6.15. The zero-order chi connectivity index (χ0) is 13.7. The summed E-state index contributed by atoms with van der Waals surface area (Å²) >= 11 is 5.81. The monoisotopic (exact) mass is 276 g/mol. The van der Waals surface area contributed by atoms with E-state index in [4.69, 9.17) is 11.6 Å². The zero-order valence-corrected chi connectivity index (χ0v) is 11.1. The molecule has 19 heavy (non-hydrogen) atoms. The van der Waals surface area contributed by atoms with E-state index in [0.717, 1.165) is 5.56 Å². The third-order valence-electron chi connectivity index (χ3n) is 2.36. The Hall–Kier alpha value is -2.14. The molecule has 1 heterocycles. The van der Waals surface area contributed by atoms with Gasteiger partial charge in [0.2, 0.25) is 5.91 Å². The van der Waals surface area contributed by atoms with E-state index in [1.165, 1.54) is 6.92 Å². The van der Waals surface area contributed by atoms with E-state index < -0.39 is 0 Å². The van der Waals surface area contributed by atoms with Crippen LogP contribution in [0, 0.1) is 0 Å². The number of carbonyl (C=O) groups is 1. The third-order valence-corrected chi connectivity index (χ3v) is 2.61. The Labute approximate surface area is 116 Å². The van der Waals surface area contributed by atoms with Gasteiger partial charge in [0.15, 0.2) is 5.82 Å². The Morgan fingerprint density at radius 2 is 1.74 bits per heavy atom. The first-order valence-electron chi connectivity index (χ1n) is 5.73. The van der Waals surface area contributed by atoms with Gasteiger partial charge in [0, 0.05) is 18.5 Å². The Kier molecular flexibility index (Phi) is 4.30. The van der Waals surface area contributed by atoms with Crippen LogP contribution in [0.5, 0.6) is 0 Å². The molecule has 0 radical (unpaired) electrons. The number of carbonyl (C=O) groups excluding carboxylic acids is 1. The second-order valence-electron chi connectivity index (χ2n) is 3.97. The lowest BCUT2D eigenvalue weighted by atomic mass is 10.2. The molecule has 5 nitrogen and oxygen atoms in total. The van der Waals surface area contributed by atoms with E-state index in [-0.39, 0.29) is 5.91 Å². The SMILES string of the molecule is CC(=O)Nc1ccc(NCc2ccc(Cl)cc2)nn1. The maximum atomic E-state index is 10.8. The number of amides is 1. The van der Waals surface area contributed by atoms with Crippen molar-refractivity contribution < 1.29 is 4.79 Å². The molecular weight excluding hydrogens is 264 g/mol. The molecular formula is C13H13ClN4O. The summed E-state index contributed by atoms with van der Waals surface area (Å²) in [6, 6.07) is 11.0. The molecule has 1 aromatic heterocycles. The minimum atomic E-state index is -0.170. The van der Waals surface area contributed by atoms with Crippen LogP contribution in [-0.2, 0) is 11.3 Å². The standard InChI is InChI=1S/C13H13ClN4O/c1-9(19)16-13-7-6-12(17-18-13)15-8-10-2-4-11(14)5-3-10/h2-7H,8H2,1H3,(H,15,17)(H,16,18,19). The van der Waals surface area contributed by atoms with Crippen LogP contribution in [0.3, 0.4) is 0 Å². The van der Waals surface area contributed by atoms with Gasteiger partial charge in [-0.05, 0) is 29.8 Å². The molecule has 0 saturated heterocycles. The van der Waals surface area contributed by atoms with E-state index in [9.17, 15) is 4.79 Å². The quantitative estimate of drug-likeness (QED) is 0.901. The number of aromatic nitrogens is 2. The van der Waals surface area contributed by atoms with Crippen LogP contribution in [0.2, 0.25) is 5.02 Å². The molecule has 0 spiro atoms. The average molecular weight is 277 g/mol. The van der Waals surface area contributed by atoms with Crippen molar-refractivity contribution >= 4 is 29.1 Å². The van der Waals surface area contributed by atoms with Gasteiger partial charge in [0.05, 0.1) is 0 Å². The topological polar surface area (TPSA) is 66.9 Å².